The largest absolute Gasteiger partial charge is 0.236 e. The van der Waals surface area contributed by atoms with Gasteiger partial charge in [-0.1, -0.05) is 77.6 Å². The third-order valence-electron chi connectivity index (χ3n) is 6.66. The average Bonchev–Trinajstić information content (AvgIpc) is 2.78. The fraction of sp³-hybridized carbons (Fsp3) is 0.615. The fourth-order valence-corrected chi connectivity index (χ4v) is 4.66. The van der Waals surface area contributed by atoms with Gasteiger partial charge in [-0.25, -0.2) is 18.7 Å². The minimum absolute atomic E-state index is 0.438. The van der Waals surface area contributed by atoms with Crippen LogP contribution in [0.2, 0.25) is 0 Å². The van der Waals surface area contributed by atoms with Crippen molar-refractivity contribution >= 4 is 0 Å². The predicted molar refractivity (Wildman–Crippen MR) is 119 cm³/mol. The number of nitrogens with zero attached hydrogens (tertiary/aromatic N) is 2. The smallest absolute Gasteiger partial charge is 0.159 e. The molecule has 0 atom stereocenters. The average molecular weight is 415 g/mol. The van der Waals surface area contributed by atoms with Crippen LogP contribution < -0.4 is 0 Å². The van der Waals surface area contributed by atoms with Crippen molar-refractivity contribution in [2.75, 3.05) is 0 Å². The second-order valence-corrected chi connectivity index (χ2v) is 9.03. The number of rotatable bonds is 11. The molecule has 0 unspecified atom stereocenters. The van der Waals surface area contributed by atoms with Crippen LogP contribution in [0.1, 0.15) is 89.5 Å². The highest BCUT2D eigenvalue weighted by Gasteiger charge is 2.20. The Hall–Kier alpha value is -1.84. The Bertz CT molecular complexity index is 752. The van der Waals surface area contributed by atoms with Crippen molar-refractivity contribution in [3.8, 4) is 11.4 Å². The summed E-state index contributed by atoms with van der Waals surface area (Å²) in [6, 6.07) is 3.77. The van der Waals surface area contributed by atoms with E-state index in [0.29, 0.717) is 11.4 Å². The minimum Gasteiger partial charge on any atom is -0.236 e. The normalized spacial score (nSPS) is 19.2. The van der Waals surface area contributed by atoms with Crippen LogP contribution in [0.25, 0.3) is 11.4 Å². The van der Waals surface area contributed by atoms with E-state index < -0.39 is 11.6 Å². The molecule has 2 nitrogen and oxygen atoms in total. The molecule has 0 N–H and O–H groups in total. The van der Waals surface area contributed by atoms with Gasteiger partial charge in [0, 0.05) is 18.0 Å². The maximum atomic E-state index is 13.4. The number of hydrogen-bond donors (Lipinski definition) is 0. The van der Waals surface area contributed by atoms with Gasteiger partial charge in [0.2, 0.25) is 0 Å². The predicted octanol–water partition coefficient (Wildman–Crippen LogP) is 7.91. The first kappa shape index (κ1) is 22.8. The molecule has 1 aliphatic carbocycles. The highest BCUT2D eigenvalue weighted by Crippen LogP contribution is 2.34. The van der Waals surface area contributed by atoms with E-state index in [1.165, 1.54) is 83.1 Å². The lowest BCUT2D eigenvalue weighted by Crippen LogP contribution is -2.15. The Kier molecular flexibility index (Phi) is 9.23. The monoisotopic (exact) mass is 414 g/mol. The second kappa shape index (κ2) is 12.1. The van der Waals surface area contributed by atoms with Crippen LogP contribution in [0, 0.1) is 23.5 Å². The van der Waals surface area contributed by atoms with E-state index in [4.69, 9.17) is 0 Å². The molecule has 1 heterocycles. The van der Waals surface area contributed by atoms with Gasteiger partial charge in [-0.2, -0.15) is 0 Å². The summed E-state index contributed by atoms with van der Waals surface area (Å²) in [6.45, 7) is 2.27. The van der Waals surface area contributed by atoms with Crippen molar-refractivity contribution < 1.29 is 8.78 Å². The summed E-state index contributed by atoms with van der Waals surface area (Å²) in [4.78, 5) is 8.71. The van der Waals surface area contributed by atoms with Crippen molar-refractivity contribution in [3.05, 3.63) is 47.8 Å². The van der Waals surface area contributed by atoms with E-state index in [9.17, 15) is 8.78 Å². The maximum Gasteiger partial charge on any atom is 0.159 e. The molecule has 0 bridgehead atoms. The molecule has 1 saturated carbocycles. The Morgan fingerprint density at radius 3 is 2.10 bits per heavy atom. The van der Waals surface area contributed by atoms with Crippen LogP contribution in [-0.4, -0.2) is 9.97 Å². The van der Waals surface area contributed by atoms with Gasteiger partial charge in [0.1, 0.15) is 0 Å². The molecule has 1 aromatic heterocycles. The van der Waals surface area contributed by atoms with Gasteiger partial charge in [0.15, 0.2) is 17.5 Å². The van der Waals surface area contributed by atoms with E-state index in [1.54, 1.807) is 0 Å². The molecule has 0 radical (unpaired) electrons. The van der Waals surface area contributed by atoms with Crippen LogP contribution in [0.15, 0.2) is 30.6 Å². The Balaban J connectivity index is 1.35. The highest BCUT2D eigenvalue weighted by atomic mass is 19.2. The van der Waals surface area contributed by atoms with Gasteiger partial charge < -0.3 is 0 Å². The van der Waals surface area contributed by atoms with E-state index in [0.717, 1.165) is 36.0 Å². The number of aryl methyl sites for hydroxylation is 1. The Morgan fingerprint density at radius 2 is 1.43 bits per heavy atom. The third kappa shape index (κ3) is 7.14. The highest BCUT2D eigenvalue weighted by molar-refractivity contribution is 5.54. The first-order valence-electron chi connectivity index (χ1n) is 11.9. The molecule has 1 aromatic carbocycles. The fourth-order valence-electron chi connectivity index (χ4n) is 4.66. The summed E-state index contributed by atoms with van der Waals surface area (Å²) in [7, 11) is 0. The topological polar surface area (TPSA) is 25.8 Å². The van der Waals surface area contributed by atoms with Crippen LogP contribution in [0.4, 0.5) is 8.78 Å². The third-order valence-corrected chi connectivity index (χ3v) is 6.66. The SMILES string of the molecule is CCCCCCCCC1CCC(CCc2cnc(-c3ccc(F)c(F)c3)nc2)CC1. The zero-order chi connectivity index (χ0) is 21.2. The summed E-state index contributed by atoms with van der Waals surface area (Å²) in [5.74, 6) is 0.486. The summed E-state index contributed by atoms with van der Waals surface area (Å²) in [6.07, 6.45) is 21.1. The van der Waals surface area contributed by atoms with Gasteiger partial charge in [-0.15, -0.1) is 0 Å². The minimum atomic E-state index is -0.868. The Labute approximate surface area is 180 Å². The lowest BCUT2D eigenvalue weighted by atomic mass is 9.78. The van der Waals surface area contributed by atoms with Crippen molar-refractivity contribution in [3.63, 3.8) is 0 Å². The molecule has 4 heteroatoms. The van der Waals surface area contributed by atoms with Gasteiger partial charge in [-0.3, -0.25) is 0 Å². The molecule has 30 heavy (non-hydrogen) atoms. The van der Waals surface area contributed by atoms with Gasteiger partial charge >= 0.3 is 0 Å². The molecule has 1 aliphatic rings. The molecule has 0 amide bonds. The van der Waals surface area contributed by atoms with Crippen LogP contribution in [-0.2, 0) is 6.42 Å². The zero-order valence-electron chi connectivity index (χ0n) is 18.4. The first-order valence-corrected chi connectivity index (χ1v) is 11.9. The molecular weight excluding hydrogens is 378 g/mol. The molecule has 0 saturated heterocycles. The van der Waals surface area contributed by atoms with E-state index >= 15 is 0 Å². The Morgan fingerprint density at radius 1 is 0.800 bits per heavy atom. The molecule has 3 rings (SSSR count). The van der Waals surface area contributed by atoms with Crippen LogP contribution in [0.5, 0.6) is 0 Å². The van der Waals surface area contributed by atoms with Gasteiger partial charge in [0.05, 0.1) is 0 Å². The van der Waals surface area contributed by atoms with Gasteiger partial charge in [-0.05, 0) is 48.4 Å². The molecule has 2 aromatic rings. The van der Waals surface area contributed by atoms with Crippen molar-refractivity contribution in [2.45, 2.75) is 90.4 Å². The number of benzene rings is 1. The summed E-state index contributed by atoms with van der Waals surface area (Å²) in [5.41, 5.74) is 1.62. The molecule has 0 aliphatic heterocycles. The number of halogens is 2. The lowest BCUT2D eigenvalue weighted by molar-refractivity contribution is 0.248. The number of unbranched alkanes of at least 4 members (excludes halogenated alkanes) is 5. The van der Waals surface area contributed by atoms with Crippen LogP contribution >= 0.6 is 0 Å². The number of aromatic nitrogens is 2. The summed E-state index contributed by atoms with van der Waals surface area (Å²) < 4.78 is 26.5. The standard InChI is InChI=1S/C26H36F2N2/c1-2-3-4-5-6-7-8-20-9-11-21(12-10-20)13-14-22-18-29-26(30-19-22)23-15-16-24(27)25(28)17-23/h15-21H,2-14H2,1H3. The molecule has 164 valence electrons. The van der Waals surface area contributed by atoms with Gasteiger partial charge in [0.25, 0.3) is 0 Å². The van der Waals surface area contributed by atoms with E-state index in [1.807, 2.05) is 12.4 Å². The summed E-state index contributed by atoms with van der Waals surface area (Å²) >= 11 is 0. The van der Waals surface area contributed by atoms with Crippen molar-refractivity contribution in [2.24, 2.45) is 11.8 Å². The lowest BCUT2D eigenvalue weighted by Gasteiger charge is -2.28. The van der Waals surface area contributed by atoms with Crippen LogP contribution in [0.3, 0.4) is 0 Å². The number of hydrogen-bond acceptors (Lipinski definition) is 2. The van der Waals surface area contributed by atoms with Crippen molar-refractivity contribution in [1.82, 2.24) is 9.97 Å². The van der Waals surface area contributed by atoms with Crippen molar-refractivity contribution in [1.29, 1.82) is 0 Å². The molecular formula is C26H36F2N2. The van der Waals surface area contributed by atoms with E-state index in [-0.39, 0.29) is 0 Å². The van der Waals surface area contributed by atoms with E-state index in [2.05, 4.69) is 16.9 Å². The first-order chi connectivity index (χ1) is 14.7. The quantitative estimate of drug-likeness (QED) is 0.349. The zero-order valence-corrected chi connectivity index (χ0v) is 18.4. The summed E-state index contributed by atoms with van der Waals surface area (Å²) in [5, 5.41) is 0. The maximum absolute atomic E-state index is 13.4. The second-order valence-electron chi connectivity index (χ2n) is 9.03. The molecule has 0 spiro atoms. The molecule has 1 fully saturated rings.